The van der Waals surface area contributed by atoms with Gasteiger partial charge in [0.05, 0.1) is 17.3 Å². The smallest absolute Gasteiger partial charge is 0.264 e. The Kier molecular flexibility index (Phi) is 6.91. The maximum Gasteiger partial charge on any atom is 0.264 e. The molecule has 0 bridgehead atoms. The van der Waals surface area contributed by atoms with Crippen molar-refractivity contribution in [3.63, 3.8) is 0 Å². The fourth-order valence-corrected chi connectivity index (χ4v) is 5.41. The first-order valence-electron chi connectivity index (χ1n) is 9.43. The van der Waals surface area contributed by atoms with Crippen LogP contribution in [0.2, 0.25) is 0 Å². The first-order valence-corrected chi connectivity index (χ1v) is 11.8. The van der Waals surface area contributed by atoms with Crippen LogP contribution < -0.4 is 9.62 Å². The van der Waals surface area contributed by atoms with E-state index in [-0.39, 0.29) is 16.5 Å². The zero-order chi connectivity index (χ0) is 21.7. The first-order chi connectivity index (χ1) is 14.3. The van der Waals surface area contributed by atoms with E-state index in [1.807, 2.05) is 42.6 Å². The van der Waals surface area contributed by atoms with Gasteiger partial charge in [0, 0.05) is 18.5 Å². The summed E-state index contributed by atoms with van der Waals surface area (Å²) < 4.78 is 27.6. The molecule has 3 rings (SSSR count). The Morgan fingerprint density at radius 2 is 1.63 bits per heavy atom. The van der Waals surface area contributed by atoms with Crippen LogP contribution in [-0.2, 0) is 10.0 Å². The molecule has 0 saturated heterocycles. The highest BCUT2D eigenvalue weighted by Crippen LogP contribution is 2.25. The highest BCUT2D eigenvalue weighted by atomic mass is 32.2. The quantitative estimate of drug-likeness (QED) is 0.578. The van der Waals surface area contributed by atoms with Crippen molar-refractivity contribution in [1.29, 1.82) is 0 Å². The lowest BCUT2D eigenvalue weighted by Gasteiger charge is -2.24. The molecule has 0 saturated carbocycles. The van der Waals surface area contributed by atoms with Gasteiger partial charge in [-0.1, -0.05) is 36.4 Å². The summed E-state index contributed by atoms with van der Waals surface area (Å²) in [6, 6.07) is 19.1. The third-order valence-electron chi connectivity index (χ3n) is 4.84. The third-order valence-corrected chi connectivity index (χ3v) is 7.66. The number of hydrogen-bond donors (Lipinski definition) is 1. The normalized spacial score (nSPS) is 12.5. The van der Waals surface area contributed by atoms with Gasteiger partial charge in [0.2, 0.25) is 0 Å². The average molecular weight is 444 g/mol. The number of anilines is 1. The number of carbonyl (C=O) groups excluding carboxylic acids is 1. The van der Waals surface area contributed by atoms with Crippen molar-refractivity contribution in [3.05, 3.63) is 82.6 Å². The number of para-hydroxylation sites is 1. The molecule has 0 spiro atoms. The summed E-state index contributed by atoms with van der Waals surface area (Å²) in [6.07, 6.45) is 0. The molecule has 1 unspecified atom stereocenters. The number of likely N-dealkylation sites (N-methyl/N-ethyl adjacent to an activating group) is 1. The van der Waals surface area contributed by atoms with Crippen LogP contribution in [0.4, 0.5) is 5.69 Å². The van der Waals surface area contributed by atoms with Gasteiger partial charge in [-0.15, -0.1) is 11.3 Å². The molecule has 0 fully saturated rings. The summed E-state index contributed by atoms with van der Waals surface area (Å²) >= 11 is 1.62. The number of benzene rings is 2. The monoisotopic (exact) mass is 443 g/mol. The number of nitrogens with one attached hydrogen (secondary N) is 1. The van der Waals surface area contributed by atoms with Crippen molar-refractivity contribution in [3.8, 4) is 0 Å². The van der Waals surface area contributed by atoms with Crippen LogP contribution in [0.3, 0.4) is 0 Å². The Morgan fingerprint density at radius 1 is 0.967 bits per heavy atom. The van der Waals surface area contributed by atoms with Gasteiger partial charge in [-0.25, -0.2) is 8.42 Å². The van der Waals surface area contributed by atoms with E-state index in [0.29, 0.717) is 12.2 Å². The minimum atomic E-state index is -3.90. The van der Waals surface area contributed by atoms with Gasteiger partial charge in [0.1, 0.15) is 4.90 Å². The number of rotatable bonds is 8. The van der Waals surface area contributed by atoms with E-state index in [9.17, 15) is 13.2 Å². The molecular weight excluding hydrogens is 418 g/mol. The maximum absolute atomic E-state index is 13.2. The number of sulfonamides is 1. The predicted octanol–water partition coefficient (Wildman–Crippen LogP) is 3.61. The standard InChI is InChI=1S/C22H25N3O3S2/c1-24(2)19(20-13-9-15-29-20)16-23-22(26)18-12-7-8-14-21(18)30(27,28)25(3)17-10-5-4-6-11-17/h4-15,19H,16H2,1-3H3,(H,23,26). The summed E-state index contributed by atoms with van der Waals surface area (Å²) in [5.41, 5.74) is 0.655. The number of hydrogen-bond acceptors (Lipinski definition) is 5. The summed E-state index contributed by atoms with van der Waals surface area (Å²) in [5.74, 6) is -0.418. The molecule has 8 heteroatoms. The van der Waals surface area contributed by atoms with Gasteiger partial charge in [-0.2, -0.15) is 0 Å². The second kappa shape index (κ2) is 9.42. The number of amides is 1. The van der Waals surface area contributed by atoms with Gasteiger partial charge < -0.3 is 10.2 Å². The van der Waals surface area contributed by atoms with Crippen LogP contribution in [0, 0.1) is 0 Å². The molecule has 158 valence electrons. The van der Waals surface area contributed by atoms with Crippen molar-refractivity contribution in [1.82, 2.24) is 10.2 Å². The lowest BCUT2D eigenvalue weighted by molar-refractivity contribution is 0.0939. The van der Waals surface area contributed by atoms with Gasteiger partial charge in [-0.3, -0.25) is 9.10 Å². The molecule has 1 atom stereocenters. The highest BCUT2D eigenvalue weighted by Gasteiger charge is 2.27. The minimum Gasteiger partial charge on any atom is -0.350 e. The second-order valence-corrected chi connectivity index (χ2v) is 9.93. The van der Waals surface area contributed by atoms with Crippen molar-refractivity contribution >= 4 is 33.0 Å². The van der Waals surface area contributed by atoms with E-state index in [2.05, 4.69) is 5.32 Å². The fourth-order valence-electron chi connectivity index (χ4n) is 3.11. The molecule has 1 amide bonds. The SMILES string of the molecule is CN(C)C(CNC(=O)c1ccccc1S(=O)(=O)N(C)c1ccccc1)c1cccs1. The van der Waals surface area contributed by atoms with E-state index in [1.165, 1.54) is 23.5 Å². The van der Waals surface area contributed by atoms with Crippen LogP contribution in [0.15, 0.2) is 77.0 Å². The summed E-state index contributed by atoms with van der Waals surface area (Å²) in [4.78, 5) is 16.1. The van der Waals surface area contributed by atoms with Gasteiger partial charge >= 0.3 is 0 Å². The summed E-state index contributed by atoms with van der Waals surface area (Å²) in [6.45, 7) is 0.370. The lowest BCUT2D eigenvalue weighted by atomic mass is 10.2. The molecule has 0 aliphatic carbocycles. The molecule has 3 aromatic rings. The maximum atomic E-state index is 13.2. The summed E-state index contributed by atoms with van der Waals surface area (Å²) in [7, 11) is 1.48. The predicted molar refractivity (Wildman–Crippen MR) is 122 cm³/mol. The number of carbonyl (C=O) groups is 1. The average Bonchev–Trinajstić information content (AvgIpc) is 3.28. The first kappa shape index (κ1) is 22.0. The van der Waals surface area contributed by atoms with Crippen LogP contribution >= 0.6 is 11.3 Å². The van der Waals surface area contributed by atoms with Gasteiger partial charge in [0.15, 0.2) is 0 Å². The van der Waals surface area contributed by atoms with E-state index < -0.39 is 15.9 Å². The van der Waals surface area contributed by atoms with Crippen molar-refractivity contribution in [2.24, 2.45) is 0 Å². The molecule has 1 heterocycles. The minimum absolute atomic E-state index is 0.00436. The molecule has 0 aliphatic rings. The fraction of sp³-hybridized carbons (Fsp3) is 0.227. The molecule has 0 aliphatic heterocycles. The van der Waals surface area contributed by atoms with Gasteiger partial charge in [0.25, 0.3) is 15.9 Å². The summed E-state index contributed by atoms with van der Waals surface area (Å²) in [5, 5.41) is 4.90. The van der Waals surface area contributed by atoms with Crippen molar-refractivity contribution < 1.29 is 13.2 Å². The Bertz CT molecular complexity index is 1080. The molecule has 30 heavy (non-hydrogen) atoms. The number of nitrogens with zero attached hydrogens (tertiary/aromatic N) is 2. The van der Waals surface area contributed by atoms with E-state index in [1.54, 1.807) is 47.7 Å². The van der Waals surface area contributed by atoms with Crippen LogP contribution in [0.5, 0.6) is 0 Å². The molecule has 1 aromatic heterocycles. The van der Waals surface area contributed by atoms with Crippen LogP contribution in [0.25, 0.3) is 0 Å². The Labute approximate surface area is 181 Å². The molecule has 1 N–H and O–H groups in total. The number of thiophene rings is 1. The zero-order valence-corrected chi connectivity index (χ0v) is 18.8. The van der Waals surface area contributed by atoms with Crippen LogP contribution in [-0.4, -0.2) is 46.9 Å². The largest absolute Gasteiger partial charge is 0.350 e. The third kappa shape index (κ3) is 4.72. The zero-order valence-electron chi connectivity index (χ0n) is 17.1. The highest BCUT2D eigenvalue weighted by molar-refractivity contribution is 7.92. The molecule has 0 radical (unpaired) electrons. The Hall–Kier alpha value is -2.68. The lowest BCUT2D eigenvalue weighted by Crippen LogP contribution is -2.35. The van der Waals surface area contributed by atoms with E-state index in [0.717, 1.165) is 4.88 Å². The molecule has 2 aromatic carbocycles. The molecular formula is C22H25N3O3S2. The van der Waals surface area contributed by atoms with E-state index in [4.69, 9.17) is 0 Å². The van der Waals surface area contributed by atoms with Gasteiger partial charge in [-0.05, 0) is 49.8 Å². The van der Waals surface area contributed by atoms with Crippen LogP contribution in [0.1, 0.15) is 21.3 Å². The Morgan fingerprint density at radius 3 is 2.27 bits per heavy atom. The van der Waals surface area contributed by atoms with E-state index >= 15 is 0 Å². The second-order valence-electron chi connectivity index (χ2n) is 7.01. The molecule has 6 nitrogen and oxygen atoms in total. The van der Waals surface area contributed by atoms with Crippen molar-refractivity contribution in [2.75, 3.05) is 32.0 Å². The topological polar surface area (TPSA) is 69.7 Å². The Balaban J connectivity index is 1.85. The van der Waals surface area contributed by atoms with Crippen molar-refractivity contribution in [2.45, 2.75) is 10.9 Å².